The summed E-state index contributed by atoms with van der Waals surface area (Å²) in [7, 11) is -4.71. The highest BCUT2D eigenvalue weighted by atomic mass is 35.5. The minimum absolute atomic E-state index is 0.313. The van der Waals surface area contributed by atoms with E-state index in [1.165, 1.54) is 12.1 Å². The predicted octanol–water partition coefficient (Wildman–Crippen LogP) is 0.838. The second-order valence-electron chi connectivity index (χ2n) is 2.29. The minimum atomic E-state index is -4.71. The van der Waals surface area contributed by atoms with E-state index in [0.29, 0.717) is 5.56 Å². The van der Waals surface area contributed by atoms with E-state index in [4.69, 9.17) is 11.6 Å². The standard InChI is InChI=1S/C7H8ClO3P/c8-7(12(9,10)11)6-4-2-1-3-5-6/h1-5,7H,(H2,9,10,11)/p-2. The van der Waals surface area contributed by atoms with Crippen LogP contribution in [0.5, 0.6) is 0 Å². The van der Waals surface area contributed by atoms with E-state index in [2.05, 4.69) is 0 Å². The molecule has 12 heavy (non-hydrogen) atoms. The van der Waals surface area contributed by atoms with Crippen LogP contribution in [-0.4, -0.2) is 0 Å². The maximum atomic E-state index is 10.5. The van der Waals surface area contributed by atoms with Gasteiger partial charge in [-0.1, -0.05) is 30.3 Å². The van der Waals surface area contributed by atoms with Gasteiger partial charge in [-0.25, -0.2) is 0 Å². The van der Waals surface area contributed by atoms with Crippen molar-refractivity contribution in [2.45, 2.75) is 5.12 Å². The number of halogens is 1. The molecule has 66 valence electrons. The summed E-state index contributed by atoms with van der Waals surface area (Å²) in [6.45, 7) is 0. The molecule has 1 aromatic carbocycles. The molecule has 0 bridgehead atoms. The van der Waals surface area contributed by atoms with Crippen molar-refractivity contribution in [1.82, 2.24) is 0 Å². The summed E-state index contributed by atoms with van der Waals surface area (Å²) in [4.78, 5) is 20.9. The van der Waals surface area contributed by atoms with Gasteiger partial charge in [-0.15, -0.1) is 11.6 Å². The van der Waals surface area contributed by atoms with Crippen LogP contribution in [0.15, 0.2) is 30.3 Å². The van der Waals surface area contributed by atoms with E-state index in [9.17, 15) is 14.4 Å². The monoisotopic (exact) mass is 204 g/mol. The molecule has 0 radical (unpaired) electrons. The van der Waals surface area contributed by atoms with Gasteiger partial charge in [-0.3, -0.25) is 0 Å². The SMILES string of the molecule is O=P([O-])([O-])C(Cl)c1ccccc1. The normalized spacial score (nSPS) is 14.2. The third kappa shape index (κ3) is 2.32. The number of hydrogen-bond acceptors (Lipinski definition) is 3. The Bertz CT molecular complexity index is 295. The molecule has 0 saturated heterocycles. The Morgan fingerprint density at radius 2 is 1.75 bits per heavy atom. The van der Waals surface area contributed by atoms with E-state index < -0.39 is 12.7 Å². The molecule has 0 fully saturated rings. The van der Waals surface area contributed by atoms with Crippen LogP contribution in [0, 0.1) is 0 Å². The molecule has 0 spiro atoms. The lowest BCUT2D eigenvalue weighted by Crippen LogP contribution is -2.17. The van der Waals surface area contributed by atoms with Crippen molar-refractivity contribution in [1.29, 1.82) is 0 Å². The number of alkyl halides is 1. The molecule has 0 saturated carbocycles. The topological polar surface area (TPSA) is 63.2 Å². The molecular weight excluding hydrogens is 199 g/mol. The molecule has 0 heterocycles. The summed E-state index contributed by atoms with van der Waals surface area (Å²) in [5.41, 5.74) is 0.313. The first-order valence-corrected chi connectivity index (χ1v) is 5.27. The maximum Gasteiger partial charge on any atom is 0.0857 e. The van der Waals surface area contributed by atoms with Gasteiger partial charge in [-0.2, -0.15) is 0 Å². The number of rotatable bonds is 2. The first-order valence-electron chi connectivity index (χ1n) is 3.22. The largest absolute Gasteiger partial charge is 0.809 e. The zero-order valence-electron chi connectivity index (χ0n) is 6.01. The van der Waals surface area contributed by atoms with Gasteiger partial charge in [-0.05, 0) is 13.2 Å². The van der Waals surface area contributed by atoms with E-state index in [1.54, 1.807) is 18.2 Å². The van der Waals surface area contributed by atoms with Gasteiger partial charge < -0.3 is 14.4 Å². The second kappa shape index (κ2) is 3.58. The maximum absolute atomic E-state index is 10.5. The van der Waals surface area contributed by atoms with Crippen LogP contribution in [-0.2, 0) is 4.57 Å². The molecule has 1 aromatic rings. The van der Waals surface area contributed by atoms with Crippen molar-refractivity contribution < 1.29 is 14.4 Å². The summed E-state index contributed by atoms with van der Waals surface area (Å²) < 4.78 is 10.5. The Morgan fingerprint density at radius 1 is 1.25 bits per heavy atom. The molecule has 0 aliphatic carbocycles. The lowest BCUT2D eigenvalue weighted by atomic mass is 10.2. The van der Waals surface area contributed by atoms with Crippen LogP contribution >= 0.6 is 19.2 Å². The van der Waals surface area contributed by atoms with Crippen LogP contribution < -0.4 is 9.79 Å². The number of benzene rings is 1. The molecule has 5 heteroatoms. The molecule has 0 amide bonds. The van der Waals surface area contributed by atoms with Crippen molar-refractivity contribution in [3.63, 3.8) is 0 Å². The van der Waals surface area contributed by atoms with E-state index >= 15 is 0 Å². The van der Waals surface area contributed by atoms with E-state index in [-0.39, 0.29) is 0 Å². The molecule has 1 atom stereocenters. The molecule has 1 rings (SSSR count). The van der Waals surface area contributed by atoms with E-state index in [1.807, 2.05) is 0 Å². The molecule has 0 aliphatic heterocycles. The molecule has 0 N–H and O–H groups in total. The highest BCUT2D eigenvalue weighted by molar-refractivity contribution is 7.51. The highest BCUT2D eigenvalue weighted by Crippen LogP contribution is 2.47. The smallest absolute Gasteiger partial charge is 0.0857 e. The Labute approximate surface area is 75.2 Å². The fraction of sp³-hybridized carbons (Fsp3) is 0.143. The summed E-state index contributed by atoms with van der Waals surface area (Å²) in [5.74, 6) is 0. The summed E-state index contributed by atoms with van der Waals surface area (Å²) >= 11 is 5.39. The summed E-state index contributed by atoms with van der Waals surface area (Å²) in [6.07, 6.45) is 0. The molecule has 0 aliphatic rings. The van der Waals surface area contributed by atoms with Crippen LogP contribution in [0.25, 0.3) is 0 Å². The number of hydrogen-bond donors (Lipinski definition) is 0. The second-order valence-corrected chi connectivity index (χ2v) is 4.62. The van der Waals surface area contributed by atoms with Crippen LogP contribution in [0.1, 0.15) is 10.7 Å². The van der Waals surface area contributed by atoms with Crippen molar-refractivity contribution >= 4 is 19.2 Å². The first-order chi connectivity index (χ1) is 5.52. The summed E-state index contributed by atoms with van der Waals surface area (Å²) in [6, 6.07) is 7.97. The van der Waals surface area contributed by atoms with Gasteiger partial charge in [0.25, 0.3) is 0 Å². The van der Waals surface area contributed by atoms with Gasteiger partial charge >= 0.3 is 0 Å². The van der Waals surface area contributed by atoms with Crippen molar-refractivity contribution in [3.8, 4) is 0 Å². The van der Waals surface area contributed by atoms with Gasteiger partial charge in [0.05, 0.1) is 5.12 Å². The zero-order chi connectivity index (χ0) is 9.19. The average molecular weight is 205 g/mol. The van der Waals surface area contributed by atoms with E-state index in [0.717, 1.165) is 0 Å². The molecular formula is C7H6ClO3P-2. The Morgan fingerprint density at radius 3 is 2.17 bits per heavy atom. The third-order valence-electron chi connectivity index (χ3n) is 1.35. The Kier molecular flexibility index (Phi) is 2.91. The molecule has 3 nitrogen and oxygen atoms in total. The molecule has 0 aromatic heterocycles. The Balaban J connectivity index is 2.94. The van der Waals surface area contributed by atoms with Crippen molar-refractivity contribution in [2.75, 3.05) is 0 Å². The van der Waals surface area contributed by atoms with Gasteiger partial charge in [0.2, 0.25) is 0 Å². The first kappa shape index (κ1) is 9.75. The molecule has 1 unspecified atom stereocenters. The fourth-order valence-corrected chi connectivity index (χ4v) is 1.48. The van der Waals surface area contributed by atoms with Crippen molar-refractivity contribution in [2.24, 2.45) is 0 Å². The highest BCUT2D eigenvalue weighted by Gasteiger charge is 2.10. The van der Waals surface area contributed by atoms with Crippen LogP contribution in [0.4, 0.5) is 0 Å². The lowest BCUT2D eigenvalue weighted by Gasteiger charge is -2.34. The van der Waals surface area contributed by atoms with Crippen LogP contribution in [0.2, 0.25) is 0 Å². The Hall–Kier alpha value is -0.340. The predicted molar refractivity (Wildman–Crippen MR) is 42.6 cm³/mol. The minimum Gasteiger partial charge on any atom is -0.809 e. The van der Waals surface area contributed by atoms with Crippen LogP contribution in [0.3, 0.4) is 0 Å². The van der Waals surface area contributed by atoms with Gasteiger partial charge in [0.1, 0.15) is 0 Å². The quantitative estimate of drug-likeness (QED) is 0.530. The summed E-state index contributed by atoms with van der Waals surface area (Å²) in [5, 5.41) is -1.46. The van der Waals surface area contributed by atoms with Gasteiger partial charge in [0.15, 0.2) is 0 Å². The van der Waals surface area contributed by atoms with Gasteiger partial charge in [0, 0.05) is 0 Å². The average Bonchev–Trinajstić information content (AvgIpc) is 2.03. The fourth-order valence-electron chi connectivity index (χ4n) is 0.794. The zero-order valence-corrected chi connectivity index (χ0v) is 7.66. The van der Waals surface area contributed by atoms with Crippen molar-refractivity contribution in [3.05, 3.63) is 35.9 Å². The third-order valence-corrected chi connectivity index (χ3v) is 3.17. The lowest BCUT2D eigenvalue weighted by molar-refractivity contribution is -0.315.